The molecule has 0 fully saturated rings. The van der Waals surface area contributed by atoms with Crippen LogP contribution in [0.5, 0.6) is 11.5 Å². The van der Waals surface area contributed by atoms with Crippen LogP contribution in [0.15, 0.2) is 78.0 Å². The van der Waals surface area contributed by atoms with Gasteiger partial charge in [0, 0.05) is 11.1 Å². The largest absolute Gasteiger partial charge is 0.497 e. The van der Waals surface area contributed by atoms with Crippen molar-refractivity contribution in [1.82, 2.24) is 15.2 Å². The molecular weight excluding hydrogens is 467 g/mol. The average molecular weight is 491 g/mol. The number of anilines is 1. The Morgan fingerprint density at radius 3 is 2.00 bits per heavy atom. The molecule has 0 saturated heterocycles. The second kappa shape index (κ2) is 11.0. The molecule has 1 unspecified atom stereocenters. The Kier molecular flexibility index (Phi) is 7.57. The zero-order valence-electron chi connectivity index (χ0n) is 19.4. The number of thioether (sulfide) groups is 1. The van der Waals surface area contributed by atoms with Gasteiger partial charge < -0.3 is 14.8 Å². The highest BCUT2D eigenvalue weighted by Gasteiger charge is 2.20. The summed E-state index contributed by atoms with van der Waals surface area (Å²) in [5.41, 5.74) is 2.95. The Morgan fingerprint density at radius 2 is 1.43 bits per heavy atom. The highest BCUT2D eigenvalue weighted by atomic mass is 32.2. The number of rotatable bonds is 8. The fourth-order valence-electron chi connectivity index (χ4n) is 3.26. The molecule has 35 heavy (non-hydrogen) atoms. The zero-order chi connectivity index (χ0) is 24.8. The average Bonchev–Trinajstić information content (AvgIpc) is 2.90. The molecule has 0 aliphatic heterocycles. The molecular formula is C26H23FN4O3S. The van der Waals surface area contributed by atoms with Crippen molar-refractivity contribution in [3.63, 3.8) is 0 Å². The number of ether oxygens (including phenoxy) is 2. The van der Waals surface area contributed by atoms with Gasteiger partial charge in [0.15, 0.2) is 0 Å². The van der Waals surface area contributed by atoms with Gasteiger partial charge in [-0.15, -0.1) is 10.2 Å². The van der Waals surface area contributed by atoms with E-state index in [9.17, 15) is 9.18 Å². The van der Waals surface area contributed by atoms with Crippen LogP contribution in [-0.2, 0) is 4.79 Å². The summed E-state index contributed by atoms with van der Waals surface area (Å²) in [6.07, 6.45) is 0. The first-order valence-electron chi connectivity index (χ1n) is 10.7. The third-order valence-electron chi connectivity index (χ3n) is 5.18. The van der Waals surface area contributed by atoms with E-state index in [0.717, 1.165) is 34.4 Å². The minimum atomic E-state index is -0.591. The quantitative estimate of drug-likeness (QED) is 0.327. The maximum Gasteiger partial charge on any atom is 0.237 e. The zero-order valence-corrected chi connectivity index (χ0v) is 20.2. The molecule has 4 aromatic rings. The second-order valence-corrected chi connectivity index (χ2v) is 8.79. The van der Waals surface area contributed by atoms with Crippen LogP contribution in [0.3, 0.4) is 0 Å². The number of methoxy groups -OCH3 is 2. The maximum absolute atomic E-state index is 13.9. The van der Waals surface area contributed by atoms with E-state index < -0.39 is 11.1 Å². The molecule has 7 nitrogen and oxygen atoms in total. The number of amides is 1. The van der Waals surface area contributed by atoms with Crippen LogP contribution in [0.4, 0.5) is 10.1 Å². The lowest BCUT2D eigenvalue weighted by Gasteiger charge is -2.13. The van der Waals surface area contributed by atoms with Gasteiger partial charge in [-0.3, -0.25) is 4.79 Å². The number of benzene rings is 3. The standard InChI is InChI=1S/C26H23FN4O3S/c1-16(25(32)28-22-7-5-4-6-21(22)27)35-26-29-23(17-8-12-19(33-2)13-9-17)24(30-31-26)18-10-14-20(34-3)15-11-18/h4-16H,1-3H3,(H,28,32). The van der Waals surface area contributed by atoms with Gasteiger partial charge in [0.05, 0.1) is 25.2 Å². The van der Waals surface area contributed by atoms with Crippen LogP contribution in [-0.4, -0.2) is 40.6 Å². The third-order valence-corrected chi connectivity index (χ3v) is 6.13. The highest BCUT2D eigenvalue weighted by Crippen LogP contribution is 2.32. The number of nitrogens with one attached hydrogen (secondary N) is 1. The van der Waals surface area contributed by atoms with Crippen LogP contribution >= 0.6 is 11.8 Å². The number of halogens is 1. The molecule has 0 spiro atoms. The SMILES string of the molecule is COc1ccc(-c2nnc(SC(C)C(=O)Nc3ccccc3F)nc2-c2ccc(OC)cc2)cc1. The summed E-state index contributed by atoms with van der Waals surface area (Å²) in [7, 11) is 3.21. The lowest BCUT2D eigenvalue weighted by atomic mass is 10.0. The molecule has 1 amide bonds. The molecule has 0 saturated carbocycles. The van der Waals surface area contributed by atoms with E-state index in [1.54, 1.807) is 33.3 Å². The number of carbonyl (C=O) groups excluding carboxylic acids is 1. The topological polar surface area (TPSA) is 86.2 Å². The van der Waals surface area contributed by atoms with Crippen LogP contribution in [0.1, 0.15) is 6.92 Å². The molecule has 1 N–H and O–H groups in total. The number of nitrogens with zero attached hydrogens (tertiary/aromatic N) is 3. The van der Waals surface area contributed by atoms with Gasteiger partial charge in [0.2, 0.25) is 11.1 Å². The van der Waals surface area contributed by atoms with E-state index in [4.69, 9.17) is 14.5 Å². The molecule has 1 aromatic heterocycles. The van der Waals surface area contributed by atoms with Gasteiger partial charge in [-0.25, -0.2) is 9.37 Å². The minimum absolute atomic E-state index is 0.123. The van der Waals surface area contributed by atoms with E-state index in [-0.39, 0.29) is 11.6 Å². The van der Waals surface area contributed by atoms with Crippen molar-refractivity contribution < 1.29 is 18.7 Å². The van der Waals surface area contributed by atoms with Crippen molar-refractivity contribution in [2.24, 2.45) is 0 Å². The van der Waals surface area contributed by atoms with E-state index in [1.807, 2.05) is 48.5 Å². The Balaban J connectivity index is 1.63. The van der Waals surface area contributed by atoms with Crippen LogP contribution in [0.25, 0.3) is 22.5 Å². The van der Waals surface area contributed by atoms with Gasteiger partial charge in [-0.1, -0.05) is 23.9 Å². The smallest absolute Gasteiger partial charge is 0.237 e. The first kappa shape index (κ1) is 24.2. The van der Waals surface area contributed by atoms with Gasteiger partial charge in [-0.05, 0) is 67.6 Å². The van der Waals surface area contributed by atoms with E-state index >= 15 is 0 Å². The van der Waals surface area contributed by atoms with E-state index in [0.29, 0.717) is 16.5 Å². The Hall–Kier alpha value is -3.98. The predicted molar refractivity (Wildman–Crippen MR) is 134 cm³/mol. The summed E-state index contributed by atoms with van der Waals surface area (Å²) < 4.78 is 24.4. The van der Waals surface area contributed by atoms with Gasteiger partial charge in [0.25, 0.3) is 0 Å². The fourth-order valence-corrected chi connectivity index (χ4v) is 3.98. The normalized spacial score (nSPS) is 11.5. The second-order valence-electron chi connectivity index (χ2n) is 7.48. The van der Waals surface area contributed by atoms with Crippen LogP contribution in [0.2, 0.25) is 0 Å². The van der Waals surface area contributed by atoms with Gasteiger partial charge in [0.1, 0.15) is 28.7 Å². The van der Waals surface area contributed by atoms with Gasteiger partial charge >= 0.3 is 0 Å². The van der Waals surface area contributed by atoms with Crippen molar-refractivity contribution in [3.8, 4) is 34.0 Å². The third kappa shape index (κ3) is 5.75. The van der Waals surface area contributed by atoms with Crippen molar-refractivity contribution in [1.29, 1.82) is 0 Å². The molecule has 4 rings (SSSR count). The monoisotopic (exact) mass is 490 g/mol. The van der Waals surface area contributed by atoms with E-state index in [1.165, 1.54) is 12.1 Å². The number of carbonyl (C=O) groups is 1. The number of hydrogen-bond acceptors (Lipinski definition) is 7. The van der Waals surface area contributed by atoms with Crippen molar-refractivity contribution in [2.45, 2.75) is 17.3 Å². The summed E-state index contributed by atoms with van der Waals surface area (Å²) in [6, 6.07) is 20.9. The van der Waals surface area contributed by atoms with E-state index in [2.05, 4.69) is 15.5 Å². The van der Waals surface area contributed by atoms with Gasteiger partial charge in [-0.2, -0.15) is 0 Å². The Bertz CT molecular complexity index is 1320. The maximum atomic E-state index is 13.9. The van der Waals surface area contributed by atoms with Crippen molar-refractivity contribution in [3.05, 3.63) is 78.6 Å². The molecule has 0 aliphatic rings. The summed E-state index contributed by atoms with van der Waals surface area (Å²) in [4.78, 5) is 17.4. The van der Waals surface area contributed by atoms with Crippen molar-refractivity contribution in [2.75, 3.05) is 19.5 Å². The predicted octanol–water partition coefficient (Wildman–Crippen LogP) is 5.48. The molecule has 9 heteroatoms. The molecule has 3 aromatic carbocycles. The molecule has 1 heterocycles. The fraction of sp³-hybridized carbons (Fsp3) is 0.154. The Morgan fingerprint density at radius 1 is 0.857 bits per heavy atom. The van der Waals surface area contributed by atoms with Crippen molar-refractivity contribution >= 4 is 23.4 Å². The number of aromatic nitrogens is 3. The summed E-state index contributed by atoms with van der Waals surface area (Å²) in [6.45, 7) is 1.70. The number of para-hydroxylation sites is 1. The molecule has 1 atom stereocenters. The Labute approximate surface area is 206 Å². The molecule has 0 radical (unpaired) electrons. The summed E-state index contributed by atoms with van der Waals surface area (Å²) in [5, 5.41) is 11.0. The first-order chi connectivity index (χ1) is 17.0. The lowest BCUT2D eigenvalue weighted by molar-refractivity contribution is -0.115. The summed E-state index contributed by atoms with van der Waals surface area (Å²) >= 11 is 1.14. The van der Waals surface area contributed by atoms with Crippen LogP contribution < -0.4 is 14.8 Å². The molecule has 178 valence electrons. The summed E-state index contributed by atoms with van der Waals surface area (Å²) in [5.74, 6) is 0.577. The number of hydrogen-bond donors (Lipinski definition) is 1. The molecule has 0 bridgehead atoms. The first-order valence-corrected chi connectivity index (χ1v) is 11.6. The molecule has 0 aliphatic carbocycles. The minimum Gasteiger partial charge on any atom is -0.497 e. The lowest BCUT2D eigenvalue weighted by Crippen LogP contribution is -2.23. The highest BCUT2D eigenvalue weighted by molar-refractivity contribution is 8.00. The van der Waals surface area contributed by atoms with Crippen LogP contribution in [0, 0.1) is 5.82 Å².